The van der Waals surface area contributed by atoms with Crippen molar-refractivity contribution in [1.82, 2.24) is 9.61 Å². The number of amides is 1. The maximum absolute atomic E-state index is 11.8. The molecule has 1 aromatic carbocycles. The van der Waals surface area contributed by atoms with E-state index in [0.717, 1.165) is 5.56 Å². The van der Waals surface area contributed by atoms with E-state index >= 15 is 0 Å². The Bertz CT molecular complexity index is 858. The molecule has 2 aromatic heterocycles. The van der Waals surface area contributed by atoms with Gasteiger partial charge < -0.3 is 9.84 Å². The number of aromatic nitrogens is 2. The standard InChI is InChI=1S/C16H13N3O4/c20-15(21)14-9-13-8-12(6-7-19(13)18-14)17-16(22)23-10-11-4-2-1-3-5-11/h1-9H,10H2,(H,17,22)(H,20,21). The van der Waals surface area contributed by atoms with E-state index in [-0.39, 0.29) is 12.3 Å². The Morgan fingerprint density at radius 2 is 1.96 bits per heavy atom. The number of aromatic carboxylic acids is 1. The number of fused-ring (bicyclic) bond motifs is 1. The number of carboxylic acid groups (broad SMARTS) is 1. The molecule has 3 aromatic rings. The number of carbonyl (C=O) groups excluding carboxylic acids is 1. The molecule has 0 spiro atoms. The lowest BCUT2D eigenvalue weighted by atomic mass is 10.2. The number of hydrogen-bond donors (Lipinski definition) is 2. The van der Waals surface area contributed by atoms with E-state index in [2.05, 4.69) is 10.4 Å². The molecular formula is C16H13N3O4. The Kier molecular flexibility index (Phi) is 3.92. The lowest BCUT2D eigenvalue weighted by Gasteiger charge is -2.07. The number of rotatable bonds is 4. The predicted octanol–water partition coefficient (Wildman–Crippen LogP) is 2.78. The number of hydrogen-bond acceptors (Lipinski definition) is 4. The number of benzene rings is 1. The molecule has 116 valence electrons. The van der Waals surface area contributed by atoms with E-state index in [1.807, 2.05) is 30.3 Å². The van der Waals surface area contributed by atoms with Crippen molar-refractivity contribution >= 4 is 23.3 Å². The normalized spacial score (nSPS) is 10.4. The minimum atomic E-state index is -1.11. The smallest absolute Gasteiger partial charge is 0.411 e. The molecule has 2 heterocycles. The Morgan fingerprint density at radius 1 is 1.17 bits per heavy atom. The van der Waals surface area contributed by atoms with Crippen molar-refractivity contribution in [2.75, 3.05) is 5.32 Å². The van der Waals surface area contributed by atoms with E-state index in [0.29, 0.717) is 11.2 Å². The molecule has 7 heteroatoms. The van der Waals surface area contributed by atoms with Crippen LogP contribution < -0.4 is 5.32 Å². The Hall–Kier alpha value is -3.35. The summed E-state index contributed by atoms with van der Waals surface area (Å²) in [6.07, 6.45) is 0.977. The van der Waals surface area contributed by atoms with Gasteiger partial charge in [-0.15, -0.1) is 0 Å². The van der Waals surface area contributed by atoms with Gasteiger partial charge in [-0.05, 0) is 23.8 Å². The molecule has 3 rings (SSSR count). The van der Waals surface area contributed by atoms with Gasteiger partial charge in [-0.3, -0.25) is 5.32 Å². The van der Waals surface area contributed by atoms with Crippen LogP contribution in [0, 0.1) is 0 Å². The number of anilines is 1. The summed E-state index contributed by atoms with van der Waals surface area (Å²) in [5.74, 6) is -1.11. The van der Waals surface area contributed by atoms with E-state index in [1.54, 1.807) is 18.3 Å². The van der Waals surface area contributed by atoms with Gasteiger partial charge in [-0.1, -0.05) is 30.3 Å². The first-order chi connectivity index (χ1) is 11.1. The van der Waals surface area contributed by atoms with Gasteiger partial charge in [0.2, 0.25) is 0 Å². The van der Waals surface area contributed by atoms with E-state index in [4.69, 9.17) is 9.84 Å². The molecule has 0 saturated carbocycles. The zero-order valence-corrected chi connectivity index (χ0v) is 12.0. The van der Waals surface area contributed by atoms with Crippen molar-refractivity contribution < 1.29 is 19.4 Å². The number of pyridine rings is 1. The van der Waals surface area contributed by atoms with Gasteiger partial charge in [0.25, 0.3) is 0 Å². The summed E-state index contributed by atoms with van der Waals surface area (Å²) in [7, 11) is 0. The van der Waals surface area contributed by atoms with Crippen molar-refractivity contribution in [3.05, 3.63) is 66.0 Å². The molecule has 0 aliphatic heterocycles. The van der Waals surface area contributed by atoms with Crippen molar-refractivity contribution in [1.29, 1.82) is 0 Å². The first-order valence-electron chi connectivity index (χ1n) is 6.82. The quantitative estimate of drug-likeness (QED) is 0.773. The first-order valence-corrected chi connectivity index (χ1v) is 6.82. The van der Waals surface area contributed by atoms with Crippen molar-refractivity contribution in [3.8, 4) is 0 Å². The van der Waals surface area contributed by atoms with Gasteiger partial charge in [0.05, 0.1) is 5.52 Å². The highest BCUT2D eigenvalue weighted by atomic mass is 16.5. The monoisotopic (exact) mass is 311 g/mol. The average molecular weight is 311 g/mol. The second kappa shape index (κ2) is 6.18. The van der Waals surface area contributed by atoms with E-state index < -0.39 is 12.1 Å². The minimum absolute atomic E-state index is 0.0613. The van der Waals surface area contributed by atoms with Crippen molar-refractivity contribution in [3.63, 3.8) is 0 Å². The maximum atomic E-state index is 11.8. The molecule has 0 aliphatic carbocycles. The van der Waals surface area contributed by atoms with Crippen LogP contribution in [0.1, 0.15) is 16.1 Å². The fraction of sp³-hybridized carbons (Fsp3) is 0.0625. The molecule has 0 atom stereocenters. The van der Waals surface area contributed by atoms with Gasteiger partial charge in [-0.2, -0.15) is 5.10 Å². The second-order valence-corrected chi connectivity index (χ2v) is 4.81. The Labute approximate surface area is 131 Å². The van der Waals surface area contributed by atoms with Gasteiger partial charge in [-0.25, -0.2) is 14.1 Å². The predicted molar refractivity (Wildman–Crippen MR) is 82.4 cm³/mol. The minimum Gasteiger partial charge on any atom is -0.476 e. The van der Waals surface area contributed by atoms with Crippen LogP contribution in [0.15, 0.2) is 54.7 Å². The summed E-state index contributed by atoms with van der Waals surface area (Å²) in [5.41, 5.74) is 1.88. The molecule has 0 fully saturated rings. The number of ether oxygens (including phenoxy) is 1. The lowest BCUT2D eigenvalue weighted by Crippen LogP contribution is -2.13. The Balaban J connectivity index is 1.66. The van der Waals surface area contributed by atoms with Crippen LogP contribution in [0.25, 0.3) is 5.52 Å². The topological polar surface area (TPSA) is 92.9 Å². The zero-order valence-electron chi connectivity index (χ0n) is 12.0. The number of nitrogens with one attached hydrogen (secondary N) is 1. The number of nitrogens with zero attached hydrogens (tertiary/aromatic N) is 2. The molecule has 23 heavy (non-hydrogen) atoms. The van der Waals surface area contributed by atoms with E-state index in [1.165, 1.54) is 10.6 Å². The third-order valence-corrected chi connectivity index (χ3v) is 3.14. The van der Waals surface area contributed by atoms with Crippen LogP contribution in [-0.2, 0) is 11.3 Å². The van der Waals surface area contributed by atoms with Crippen LogP contribution in [0.2, 0.25) is 0 Å². The maximum Gasteiger partial charge on any atom is 0.411 e. The summed E-state index contributed by atoms with van der Waals surface area (Å²) in [5, 5.41) is 15.4. The summed E-state index contributed by atoms with van der Waals surface area (Å²) in [6, 6.07) is 14.0. The summed E-state index contributed by atoms with van der Waals surface area (Å²) < 4.78 is 6.54. The van der Waals surface area contributed by atoms with Crippen molar-refractivity contribution in [2.24, 2.45) is 0 Å². The largest absolute Gasteiger partial charge is 0.476 e. The number of carboxylic acids is 1. The summed E-state index contributed by atoms with van der Waals surface area (Å²) >= 11 is 0. The molecule has 1 amide bonds. The number of carbonyl (C=O) groups is 2. The average Bonchev–Trinajstić information content (AvgIpc) is 2.97. The van der Waals surface area contributed by atoms with Gasteiger partial charge in [0.1, 0.15) is 6.61 Å². The molecule has 0 aliphatic rings. The molecule has 0 radical (unpaired) electrons. The molecule has 0 saturated heterocycles. The Morgan fingerprint density at radius 3 is 2.70 bits per heavy atom. The lowest BCUT2D eigenvalue weighted by molar-refractivity contribution is 0.0690. The summed E-state index contributed by atoms with van der Waals surface area (Å²) in [6.45, 7) is 0.171. The third kappa shape index (κ3) is 3.46. The van der Waals surface area contributed by atoms with E-state index in [9.17, 15) is 9.59 Å². The molecule has 2 N–H and O–H groups in total. The summed E-state index contributed by atoms with van der Waals surface area (Å²) in [4.78, 5) is 22.7. The van der Waals surface area contributed by atoms with Gasteiger partial charge >= 0.3 is 12.1 Å². The molecule has 7 nitrogen and oxygen atoms in total. The first kappa shape index (κ1) is 14.6. The van der Waals surface area contributed by atoms with Crippen molar-refractivity contribution in [2.45, 2.75) is 6.61 Å². The van der Waals surface area contributed by atoms with Gasteiger partial charge in [0, 0.05) is 11.9 Å². The molecule has 0 bridgehead atoms. The fourth-order valence-electron chi connectivity index (χ4n) is 2.05. The highest BCUT2D eigenvalue weighted by Crippen LogP contribution is 2.14. The molecular weight excluding hydrogens is 298 g/mol. The SMILES string of the molecule is O=C(Nc1ccn2nc(C(=O)O)cc2c1)OCc1ccccc1. The second-order valence-electron chi connectivity index (χ2n) is 4.81. The van der Waals surface area contributed by atoms with Crippen LogP contribution in [0.3, 0.4) is 0 Å². The fourth-order valence-corrected chi connectivity index (χ4v) is 2.05. The van der Waals surface area contributed by atoms with Crippen LogP contribution in [0.5, 0.6) is 0 Å². The van der Waals surface area contributed by atoms with Crippen LogP contribution in [-0.4, -0.2) is 26.8 Å². The van der Waals surface area contributed by atoms with Crippen LogP contribution in [0.4, 0.5) is 10.5 Å². The molecule has 0 unspecified atom stereocenters. The third-order valence-electron chi connectivity index (χ3n) is 3.14. The highest BCUT2D eigenvalue weighted by Gasteiger charge is 2.10. The zero-order chi connectivity index (χ0) is 16.2. The van der Waals surface area contributed by atoms with Crippen LogP contribution >= 0.6 is 0 Å². The van der Waals surface area contributed by atoms with Gasteiger partial charge in [0.15, 0.2) is 5.69 Å². The highest BCUT2D eigenvalue weighted by molar-refractivity contribution is 5.88.